The second kappa shape index (κ2) is 4.44. The van der Waals surface area contributed by atoms with Crippen molar-refractivity contribution in [1.82, 2.24) is 14.6 Å². The Morgan fingerprint density at radius 2 is 2.11 bits per heavy atom. The number of rotatable bonds is 2. The van der Waals surface area contributed by atoms with E-state index in [1.807, 2.05) is 30.5 Å². The monoisotopic (exact) mass is 274 g/mol. The van der Waals surface area contributed by atoms with Gasteiger partial charge in [-0.15, -0.1) is 5.10 Å². The number of aromatic nitrogens is 3. The van der Waals surface area contributed by atoms with Crippen LogP contribution in [0, 0.1) is 0 Å². The van der Waals surface area contributed by atoms with Gasteiger partial charge >= 0.3 is 0 Å². The van der Waals surface area contributed by atoms with Gasteiger partial charge in [-0.3, -0.25) is 0 Å². The average Bonchev–Trinajstić information content (AvgIpc) is 2.77. The van der Waals surface area contributed by atoms with Crippen LogP contribution in [-0.2, 0) is 0 Å². The Morgan fingerprint density at radius 3 is 2.89 bits per heavy atom. The number of nitrogen functional groups attached to an aromatic ring is 1. The molecule has 0 aliphatic heterocycles. The van der Waals surface area contributed by atoms with Crippen LogP contribution >= 0.6 is 11.6 Å². The van der Waals surface area contributed by atoms with E-state index >= 15 is 0 Å². The number of halogens is 1. The largest absolute Gasteiger partial charge is 0.496 e. The number of nitrogens with two attached hydrogens (primary N) is 1. The van der Waals surface area contributed by atoms with Gasteiger partial charge in [-0.05, 0) is 30.3 Å². The van der Waals surface area contributed by atoms with Crippen LogP contribution in [0.5, 0.6) is 5.75 Å². The minimum absolute atomic E-state index is 0.246. The Labute approximate surface area is 114 Å². The van der Waals surface area contributed by atoms with Crippen LogP contribution < -0.4 is 10.5 Å². The fourth-order valence-corrected chi connectivity index (χ4v) is 2.14. The molecule has 6 heteroatoms. The summed E-state index contributed by atoms with van der Waals surface area (Å²) >= 11 is 6.04. The van der Waals surface area contributed by atoms with Crippen molar-refractivity contribution in [2.24, 2.45) is 0 Å². The zero-order chi connectivity index (χ0) is 13.4. The summed E-state index contributed by atoms with van der Waals surface area (Å²) in [7, 11) is 1.62. The Balaban J connectivity index is 2.20. The normalized spacial score (nSPS) is 10.8. The highest BCUT2D eigenvalue weighted by Crippen LogP contribution is 2.32. The molecule has 0 bridgehead atoms. The molecule has 2 aromatic heterocycles. The van der Waals surface area contributed by atoms with Crippen LogP contribution in [0.25, 0.3) is 16.8 Å². The lowest BCUT2D eigenvalue weighted by atomic mass is 10.1. The Kier molecular flexibility index (Phi) is 2.76. The first-order chi connectivity index (χ1) is 9.17. The molecule has 0 spiro atoms. The maximum Gasteiger partial charge on any atom is 0.240 e. The Bertz CT molecular complexity index is 753. The molecule has 0 aliphatic carbocycles. The third kappa shape index (κ3) is 2.08. The van der Waals surface area contributed by atoms with Crippen molar-refractivity contribution in [2.45, 2.75) is 0 Å². The van der Waals surface area contributed by atoms with Crippen molar-refractivity contribution in [2.75, 3.05) is 12.8 Å². The van der Waals surface area contributed by atoms with Crippen molar-refractivity contribution in [3.63, 3.8) is 0 Å². The summed E-state index contributed by atoms with van der Waals surface area (Å²) < 4.78 is 6.97. The van der Waals surface area contributed by atoms with Crippen LogP contribution in [0.4, 0.5) is 5.95 Å². The van der Waals surface area contributed by atoms with Crippen LogP contribution in [-0.4, -0.2) is 21.7 Å². The van der Waals surface area contributed by atoms with Gasteiger partial charge < -0.3 is 10.5 Å². The summed E-state index contributed by atoms with van der Waals surface area (Å²) in [5.74, 6) is 0.993. The first-order valence-corrected chi connectivity index (χ1v) is 6.01. The number of benzene rings is 1. The highest BCUT2D eigenvalue weighted by atomic mass is 35.5. The van der Waals surface area contributed by atoms with Gasteiger partial charge in [-0.1, -0.05) is 11.6 Å². The van der Waals surface area contributed by atoms with E-state index in [0.717, 1.165) is 16.9 Å². The summed E-state index contributed by atoms with van der Waals surface area (Å²) in [6, 6.07) is 9.24. The number of methoxy groups -OCH3 is 1. The molecule has 5 nitrogen and oxygen atoms in total. The number of anilines is 1. The van der Waals surface area contributed by atoms with Gasteiger partial charge in [0.25, 0.3) is 0 Å². The lowest BCUT2D eigenvalue weighted by Crippen LogP contribution is -1.92. The summed E-state index contributed by atoms with van der Waals surface area (Å²) in [5, 5.41) is 4.73. The van der Waals surface area contributed by atoms with Crippen molar-refractivity contribution >= 4 is 23.2 Å². The van der Waals surface area contributed by atoms with Gasteiger partial charge in [-0.2, -0.15) is 4.98 Å². The standard InChI is InChI=1S/C13H11ClN4O/c1-19-11-4-3-9(14)6-10(11)8-2-5-12-16-13(15)17-18(12)7-8/h2-7H,1H3,(H2,15,17). The molecule has 0 aliphatic rings. The molecule has 0 saturated heterocycles. The van der Waals surface area contributed by atoms with Gasteiger partial charge in [0.2, 0.25) is 5.95 Å². The van der Waals surface area contributed by atoms with Crippen molar-refractivity contribution in [3.05, 3.63) is 41.6 Å². The Hall–Kier alpha value is -2.27. The van der Waals surface area contributed by atoms with Crippen molar-refractivity contribution in [3.8, 4) is 16.9 Å². The van der Waals surface area contributed by atoms with Crippen LogP contribution in [0.3, 0.4) is 0 Å². The maximum atomic E-state index is 6.04. The summed E-state index contributed by atoms with van der Waals surface area (Å²) in [4.78, 5) is 4.08. The average molecular weight is 275 g/mol. The first kappa shape index (κ1) is 11.8. The molecular formula is C13H11ClN4O. The zero-order valence-corrected chi connectivity index (χ0v) is 10.9. The molecule has 2 heterocycles. The molecule has 96 valence electrons. The van der Waals surface area contributed by atoms with Gasteiger partial charge in [-0.25, -0.2) is 4.52 Å². The van der Waals surface area contributed by atoms with Crippen LogP contribution in [0.15, 0.2) is 36.5 Å². The molecule has 3 rings (SSSR count). The quantitative estimate of drug-likeness (QED) is 0.780. The fourth-order valence-electron chi connectivity index (χ4n) is 1.97. The predicted molar refractivity (Wildman–Crippen MR) is 74.4 cm³/mol. The van der Waals surface area contributed by atoms with E-state index in [0.29, 0.717) is 10.7 Å². The maximum absolute atomic E-state index is 6.04. The zero-order valence-electron chi connectivity index (χ0n) is 10.2. The number of nitrogens with zero attached hydrogens (tertiary/aromatic N) is 3. The van der Waals surface area contributed by atoms with Crippen molar-refractivity contribution < 1.29 is 4.74 Å². The molecule has 3 aromatic rings. The Morgan fingerprint density at radius 1 is 1.26 bits per heavy atom. The van der Waals surface area contributed by atoms with E-state index in [4.69, 9.17) is 22.1 Å². The topological polar surface area (TPSA) is 65.4 Å². The molecule has 2 N–H and O–H groups in total. The van der Waals surface area contributed by atoms with E-state index in [1.54, 1.807) is 17.7 Å². The van der Waals surface area contributed by atoms with Gasteiger partial charge in [0.15, 0.2) is 5.65 Å². The highest BCUT2D eigenvalue weighted by Gasteiger charge is 2.09. The van der Waals surface area contributed by atoms with E-state index in [-0.39, 0.29) is 5.95 Å². The molecular weight excluding hydrogens is 264 g/mol. The number of fused-ring (bicyclic) bond motifs is 1. The second-order valence-corrected chi connectivity index (χ2v) is 4.47. The molecule has 0 amide bonds. The van der Waals surface area contributed by atoms with E-state index in [1.165, 1.54) is 0 Å². The van der Waals surface area contributed by atoms with Gasteiger partial charge in [0.05, 0.1) is 7.11 Å². The molecule has 0 unspecified atom stereocenters. The predicted octanol–water partition coefficient (Wildman–Crippen LogP) is 2.64. The smallest absolute Gasteiger partial charge is 0.240 e. The lowest BCUT2D eigenvalue weighted by molar-refractivity contribution is 0.416. The summed E-state index contributed by atoms with van der Waals surface area (Å²) in [5.41, 5.74) is 8.09. The van der Waals surface area contributed by atoms with E-state index in [2.05, 4.69) is 10.1 Å². The number of hydrogen-bond acceptors (Lipinski definition) is 4. The van der Waals surface area contributed by atoms with Crippen LogP contribution in [0.2, 0.25) is 5.02 Å². The third-order valence-electron chi connectivity index (χ3n) is 2.82. The first-order valence-electron chi connectivity index (χ1n) is 5.63. The summed E-state index contributed by atoms with van der Waals surface area (Å²) in [6.07, 6.45) is 1.84. The van der Waals surface area contributed by atoms with E-state index < -0.39 is 0 Å². The highest BCUT2D eigenvalue weighted by molar-refractivity contribution is 6.31. The molecule has 19 heavy (non-hydrogen) atoms. The molecule has 0 fully saturated rings. The number of ether oxygens (including phenoxy) is 1. The molecule has 0 atom stereocenters. The van der Waals surface area contributed by atoms with Crippen LogP contribution in [0.1, 0.15) is 0 Å². The molecule has 0 saturated carbocycles. The van der Waals surface area contributed by atoms with E-state index in [9.17, 15) is 0 Å². The fraction of sp³-hybridized carbons (Fsp3) is 0.0769. The third-order valence-corrected chi connectivity index (χ3v) is 3.05. The number of pyridine rings is 1. The molecule has 0 radical (unpaired) electrons. The van der Waals surface area contributed by atoms with Crippen molar-refractivity contribution in [1.29, 1.82) is 0 Å². The SMILES string of the molecule is COc1ccc(Cl)cc1-c1ccc2nc(N)nn2c1. The van der Waals surface area contributed by atoms with Gasteiger partial charge in [0, 0.05) is 22.3 Å². The summed E-state index contributed by atoms with van der Waals surface area (Å²) in [6.45, 7) is 0. The second-order valence-electron chi connectivity index (χ2n) is 4.04. The van der Waals surface area contributed by atoms with Gasteiger partial charge in [0.1, 0.15) is 5.75 Å². The minimum Gasteiger partial charge on any atom is -0.496 e. The minimum atomic E-state index is 0.246. The lowest BCUT2D eigenvalue weighted by Gasteiger charge is -2.09. The number of hydrogen-bond donors (Lipinski definition) is 1. The molecule has 1 aromatic carbocycles.